The molecule has 1 amide bonds. The molecular formula is C30H37N3O5S. The fraction of sp³-hybridized carbons (Fsp3) is 0.367. The van der Waals surface area contributed by atoms with Gasteiger partial charge in [-0.1, -0.05) is 67.6 Å². The van der Waals surface area contributed by atoms with Gasteiger partial charge < -0.3 is 14.7 Å². The molecule has 39 heavy (non-hydrogen) atoms. The monoisotopic (exact) mass is 551 g/mol. The van der Waals surface area contributed by atoms with Crippen molar-refractivity contribution in [2.75, 3.05) is 37.7 Å². The third kappa shape index (κ3) is 7.17. The van der Waals surface area contributed by atoms with Crippen molar-refractivity contribution in [3.05, 3.63) is 83.9 Å². The van der Waals surface area contributed by atoms with E-state index in [4.69, 9.17) is 4.74 Å². The Kier molecular flexibility index (Phi) is 8.94. The summed E-state index contributed by atoms with van der Waals surface area (Å²) in [6.45, 7) is 5.26. The molecule has 3 atom stereocenters. The van der Waals surface area contributed by atoms with Crippen LogP contribution in [0, 0.1) is 5.92 Å². The van der Waals surface area contributed by atoms with Gasteiger partial charge in [-0.25, -0.2) is 8.42 Å². The first-order valence-electron chi connectivity index (χ1n) is 13.1. The average Bonchev–Trinajstić information content (AvgIpc) is 2.90. The van der Waals surface area contributed by atoms with Crippen molar-refractivity contribution in [3.63, 3.8) is 0 Å². The van der Waals surface area contributed by atoms with Gasteiger partial charge in [-0.15, -0.1) is 0 Å². The predicted molar refractivity (Wildman–Crippen MR) is 154 cm³/mol. The lowest BCUT2D eigenvalue weighted by Gasteiger charge is -2.38. The SMILES string of the molecule is C[C@@H]1CN([C@H](C)CO)C(=O)c2cccc(NS(C)(=O)=O)c2O[C@@H]1CN(C)Cc1ccc(-c2ccccc2)cc1. The Morgan fingerprint density at radius 1 is 1.05 bits per heavy atom. The summed E-state index contributed by atoms with van der Waals surface area (Å²) >= 11 is 0. The molecule has 2 N–H and O–H groups in total. The molecule has 0 radical (unpaired) electrons. The minimum atomic E-state index is -3.61. The molecular weight excluding hydrogens is 514 g/mol. The highest BCUT2D eigenvalue weighted by Crippen LogP contribution is 2.35. The van der Waals surface area contributed by atoms with Crippen LogP contribution in [0.1, 0.15) is 29.8 Å². The topological polar surface area (TPSA) is 99.2 Å². The van der Waals surface area contributed by atoms with Crippen molar-refractivity contribution in [1.29, 1.82) is 0 Å². The number of benzene rings is 3. The van der Waals surface area contributed by atoms with Gasteiger partial charge in [0.25, 0.3) is 5.91 Å². The van der Waals surface area contributed by atoms with E-state index in [1.54, 1.807) is 30.0 Å². The number of aliphatic hydroxyl groups excluding tert-OH is 1. The number of aliphatic hydroxyl groups is 1. The van der Waals surface area contributed by atoms with Crippen LogP contribution in [0.25, 0.3) is 11.1 Å². The normalized spacial score (nSPS) is 18.6. The molecule has 1 aliphatic rings. The van der Waals surface area contributed by atoms with Gasteiger partial charge in [0.2, 0.25) is 10.0 Å². The quantitative estimate of drug-likeness (QED) is 0.416. The van der Waals surface area contributed by atoms with Gasteiger partial charge in [-0.05, 0) is 42.8 Å². The third-order valence-corrected chi connectivity index (χ3v) is 7.58. The van der Waals surface area contributed by atoms with Crippen LogP contribution in [0.3, 0.4) is 0 Å². The van der Waals surface area contributed by atoms with E-state index < -0.39 is 16.1 Å². The molecule has 0 fully saturated rings. The van der Waals surface area contributed by atoms with E-state index >= 15 is 0 Å². The lowest BCUT2D eigenvalue weighted by atomic mass is 9.98. The first-order chi connectivity index (χ1) is 18.6. The molecule has 0 bridgehead atoms. The second-order valence-electron chi connectivity index (χ2n) is 10.4. The van der Waals surface area contributed by atoms with E-state index in [1.807, 2.05) is 32.2 Å². The molecule has 0 aliphatic carbocycles. The number of likely N-dealkylation sites (N-methyl/N-ethyl adjacent to an activating group) is 1. The van der Waals surface area contributed by atoms with Crippen molar-refractivity contribution >= 4 is 21.6 Å². The lowest BCUT2D eigenvalue weighted by molar-refractivity contribution is 0.0344. The van der Waals surface area contributed by atoms with Crippen molar-refractivity contribution in [2.24, 2.45) is 5.92 Å². The van der Waals surface area contributed by atoms with E-state index in [-0.39, 0.29) is 41.5 Å². The van der Waals surface area contributed by atoms with Gasteiger partial charge in [0.05, 0.1) is 30.2 Å². The highest BCUT2D eigenvalue weighted by Gasteiger charge is 2.34. The maximum Gasteiger partial charge on any atom is 0.258 e. The highest BCUT2D eigenvalue weighted by atomic mass is 32.2. The number of fused-ring (bicyclic) bond motifs is 1. The summed E-state index contributed by atoms with van der Waals surface area (Å²) in [4.78, 5) is 17.3. The molecule has 1 heterocycles. The number of hydrogen-bond acceptors (Lipinski definition) is 6. The summed E-state index contributed by atoms with van der Waals surface area (Å²) < 4.78 is 33.1. The lowest BCUT2D eigenvalue weighted by Crippen LogP contribution is -2.49. The molecule has 8 nitrogen and oxygen atoms in total. The fourth-order valence-corrected chi connectivity index (χ4v) is 5.42. The summed E-state index contributed by atoms with van der Waals surface area (Å²) in [5.74, 6) is -0.189. The van der Waals surface area contributed by atoms with Gasteiger partial charge in [0, 0.05) is 25.6 Å². The predicted octanol–water partition coefficient (Wildman–Crippen LogP) is 4.08. The Morgan fingerprint density at radius 2 is 1.72 bits per heavy atom. The number of hydrogen-bond donors (Lipinski definition) is 2. The first-order valence-corrected chi connectivity index (χ1v) is 15.0. The molecule has 4 rings (SSSR count). The minimum Gasteiger partial charge on any atom is -0.486 e. The van der Waals surface area contributed by atoms with Gasteiger partial charge in [-0.3, -0.25) is 14.4 Å². The third-order valence-electron chi connectivity index (χ3n) is 6.99. The maximum absolute atomic E-state index is 13.5. The van der Waals surface area contributed by atoms with Crippen molar-refractivity contribution in [1.82, 2.24) is 9.80 Å². The van der Waals surface area contributed by atoms with Crippen molar-refractivity contribution in [2.45, 2.75) is 32.5 Å². The van der Waals surface area contributed by atoms with Gasteiger partial charge >= 0.3 is 0 Å². The number of nitrogens with one attached hydrogen (secondary N) is 1. The Balaban J connectivity index is 1.58. The zero-order valence-electron chi connectivity index (χ0n) is 22.9. The Labute approximate surface area is 231 Å². The number of carbonyl (C=O) groups excluding carboxylic acids is 1. The summed E-state index contributed by atoms with van der Waals surface area (Å²) in [6, 6.07) is 23.2. The summed E-state index contributed by atoms with van der Waals surface area (Å²) in [7, 11) is -1.59. The summed E-state index contributed by atoms with van der Waals surface area (Å²) in [5, 5.41) is 9.85. The molecule has 0 saturated carbocycles. The Hall–Kier alpha value is -3.40. The van der Waals surface area contributed by atoms with Gasteiger partial charge in [0.1, 0.15) is 6.10 Å². The number of nitrogens with zero attached hydrogens (tertiary/aromatic N) is 2. The van der Waals surface area contributed by atoms with Crippen molar-refractivity contribution < 1.29 is 23.1 Å². The summed E-state index contributed by atoms with van der Waals surface area (Å²) in [5.41, 5.74) is 3.96. The number of para-hydroxylation sites is 1. The molecule has 1 aliphatic heterocycles. The minimum absolute atomic E-state index is 0.0923. The van der Waals surface area contributed by atoms with Crippen LogP contribution >= 0.6 is 0 Å². The Morgan fingerprint density at radius 3 is 2.36 bits per heavy atom. The highest BCUT2D eigenvalue weighted by molar-refractivity contribution is 7.92. The molecule has 208 valence electrons. The first kappa shape index (κ1) is 28.6. The van der Waals surface area contributed by atoms with Crippen LogP contribution < -0.4 is 9.46 Å². The molecule has 3 aromatic carbocycles. The molecule has 3 aromatic rings. The second-order valence-corrected chi connectivity index (χ2v) is 12.2. The molecule has 0 saturated heterocycles. The van der Waals surface area contributed by atoms with Gasteiger partial charge in [-0.2, -0.15) is 0 Å². The van der Waals surface area contributed by atoms with Crippen LogP contribution in [0.15, 0.2) is 72.8 Å². The van der Waals surface area contributed by atoms with E-state index in [1.165, 1.54) is 5.56 Å². The summed E-state index contributed by atoms with van der Waals surface area (Å²) in [6.07, 6.45) is 0.718. The molecule has 9 heteroatoms. The zero-order chi connectivity index (χ0) is 28.2. The number of amides is 1. The van der Waals surface area contributed by atoms with Crippen LogP contribution in [-0.4, -0.2) is 74.4 Å². The van der Waals surface area contributed by atoms with Gasteiger partial charge in [0.15, 0.2) is 5.75 Å². The maximum atomic E-state index is 13.5. The molecule has 0 aromatic heterocycles. The largest absolute Gasteiger partial charge is 0.486 e. The number of ether oxygens (including phenoxy) is 1. The van der Waals surface area contributed by atoms with E-state index in [2.05, 4.69) is 46.0 Å². The van der Waals surface area contributed by atoms with Crippen molar-refractivity contribution in [3.8, 4) is 16.9 Å². The smallest absolute Gasteiger partial charge is 0.258 e. The number of rotatable bonds is 9. The number of carbonyl (C=O) groups is 1. The molecule has 0 unspecified atom stereocenters. The van der Waals surface area contributed by atoms with Crippen LogP contribution in [0.2, 0.25) is 0 Å². The van der Waals surface area contributed by atoms with Crippen LogP contribution in [-0.2, 0) is 16.6 Å². The standard InChI is InChI=1S/C30H37N3O5S/c1-21-17-33(22(2)20-34)30(35)26-11-8-12-27(31-39(4,36)37)29(26)38-28(21)19-32(3)18-23-13-15-25(16-14-23)24-9-6-5-7-10-24/h5-16,21-22,28,31,34H,17-20H2,1-4H3/t21-,22-,28-/m1/s1. The Bertz CT molecular complexity index is 1380. The fourth-order valence-electron chi connectivity index (χ4n) is 4.86. The zero-order valence-corrected chi connectivity index (χ0v) is 23.7. The van der Waals surface area contributed by atoms with E-state index in [9.17, 15) is 18.3 Å². The van der Waals surface area contributed by atoms with E-state index in [0.29, 0.717) is 19.6 Å². The number of anilines is 1. The van der Waals surface area contributed by atoms with E-state index in [0.717, 1.165) is 17.4 Å². The number of sulfonamides is 1. The van der Waals surface area contributed by atoms with Crippen LogP contribution in [0.4, 0.5) is 5.69 Å². The average molecular weight is 552 g/mol. The second kappa shape index (κ2) is 12.2. The van der Waals surface area contributed by atoms with Crippen LogP contribution in [0.5, 0.6) is 5.75 Å². The molecule has 0 spiro atoms.